The Morgan fingerprint density at radius 3 is 2.80 bits per heavy atom. The van der Waals surface area contributed by atoms with E-state index in [1.54, 1.807) is 19.2 Å². The molecule has 1 aromatic heterocycles. The highest BCUT2D eigenvalue weighted by molar-refractivity contribution is 5.88. The van der Waals surface area contributed by atoms with Crippen LogP contribution in [0, 0.1) is 0 Å². The number of hydrogen-bond acceptors (Lipinski definition) is 4. The third-order valence-electron chi connectivity index (χ3n) is 3.04. The van der Waals surface area contributed by atoms with Crippen molar-refractivity contribution in [1.82, 2.24) is 4.98 Å². The van der Waals surface area contributed by atoms with Crippen LogP contribution >= 0.6 is 0 Å². The molecule has 0 bridgehead atoms. The van der Waals surface area contributed by atoms with Gasteiger partial charge in [0.1, 0.15) is 5.75 Å². The quantitative estimate of drug-likeness (QED) is 0.784. The highest BCUT2D eigenvalue weighted by Crippen LogP contribution is 2.29. The van der Waals surface area contributed by atoms with Crippen LogP contribution in [0.25, 0.3) is 10.9 Å². The first-order chi connectivity index (χ1) is 9.63. The van der Waals surface area contributed by atoms with Crippen LogP contribution in [0.1, 0.15) is 32.3 Å². The second-order valence-electron chi connectivity index (χ2n) is 4.80. The van der Waals surface area contributed by atoms with Gasteiger partial charge >= 0.3 is 5.97 Å². The van der Waals surface area contributed by atoms with E-state index in [1.807, 2.05) is 12.1 Å². The summed E-state index contributed by atoms with van der Waals surface area (Å²) in [6.45, 7) is 6.30. The van der Waals surface area contributed by atoms with E-state index in [2.05, 4.69) is 24.9 Å². The summed E-state index contributed by atoms with van der Waals surface area (Å²) in [5.74, 6) is 0.675. The molecule has 0 spiro atoms. The van der Waals surface area contributed by atoms with Crippen molar-refractivity contribution in [3.63, 3.8) is 0 Å². The molecule has 0 aliphatic rings. The second-order valence-corrected chi connectivity index (χ2v) is 4.80. The summed E-state index contributed by atoms with van der Waals surface area (Å²) in [4.78, 5) is 15.8. The van der Waals surface area contributed by atoms with Crippen LogP contribution in [0.3, 0.4) is 0 Å². The van der Waals surface area contributed by atoms with Crippen LogP contribution in [0.5, 0.6) is 5.75 Å². The van der Waals surface area contributed by atoms with E-state index in [0.717, 1.165) is 10.9 Å². The largest absolute Gasteiger partial charge is 0.481 e. The van der Waals surface area contributed by atoms with Crippen molar-refractivity contribution in [3.05, 3.63) is 36.0 Å². The zero-order chi connectivity index (χ0) is 14.5. The fraction of sp³-hybridized carbons (Fsp3) is 0.375. The van der Waals surface area contributed by atoms with Gasteiger partial charge in [0.15, 0.2) is 6.61 Å². The summed E-state index contributed by atoms with van der Waals surface area (Å²) >= 11 is 0. The molecule has 0 saturated carbocycles. The molecule has 0 aliphatic heterocycles. The predicted molar refractivity (Wildman–Crippen MR) is 78.0 cm³/mol. The molecule has 0 amide bonds. The fourth-order valence-corrected chi connectivity index (χ4v) is 2.10. The van der Waals surface area contributed by atoms with Crippen LogP contribution in [0.4, 0.5) is 0 Å². The van der Waals surface area contributed by atoms with E-state index in [4.69, 9.17) is 9.47 Å². The molecular weight excluding hydrogens is 254 g/mol. The van der Waals surface area contributed by atoms with Crippen molar-refractivity contribution in [1.29, 1.82) is 0 Å². The number of ether oxygens (including phenoxy) is 2. The van der Waals surface area contributed by atoms with Gasteiger partial charge in [-0.1, -0.05) is 26.0 Å². The van der Waals surface area contributed by atoms with Crippen molar-refractivity contribution in [2.75, 3.05) is 13.2 Å². The van der Waals surface area contributed by atoms with Crippen molar-refractivity contribution in [3.8, 4) is 5.75 Å². The normalized spacial score (nSPS) is 10.8. The smallest absolute Gasteiger partial charge is 0.344 e. The summed E-state index contributed by atoms with van der Waals surface area (Å²) < 4.78 is 10.4. The lowest BCUT2D eigenvalue weighted by Gasteiger charge is -2.12. The van der Waals surface area contributed by atoms with E-state index >= 15 is 0 Å². The number of aromatic nitrogens is 1. The third kappa shape index (κ3) is 3.07. The number of hydrogen-bond donors (Lipinski definition) is 0. The predicted octanol–water partition coefficient (Wildman–Crippen LogP) is 3.30. The van der Waals surface area contributed by atoms with Gasteiger partial charge < -0.3 is 9.47 Å². The molecule has 0 saturated heterocycles. The van der Waals surface area contributed by atoms with Crippen molar-refractivity contribution < 1.29 is 14.3 Å². The molecule has 4 nitrogen and oxygen atoms in total. The number of carbonyl (C=O) groups is 1. The molecule has 4 heteroatoms. The average molecular weight is 273 g/mol. The standard InChI is InChI=1S/C16H19NO3/c1-4-19-15(18)10-20-14-8-9-17-16-12(11(2)3)6-5-7-13(14)16/h5-9,11H,4,10H2,1-3H3. The van der Waals surface area contributed by atoms with Gasteiger partial charge in [-0.2, -0.15) is 0 Å². The Labute approximate surface area is 118 Å². The number of benzene rings is 1. The van der Waals surface area contributed by atoms with Gasteiger partial charge in [-0.3, -0.25) is 4.98 Å². The van der Waals surface area contributed by atoms with Gasteiger partial charge in [0.2, 0.25) is 0 Å². The highest BCUT2D eigenvalue weighted by Gasteiger charge is 2.11. The van der Waals surface area contributed by atoms with Crippen molar-refractivity contribution in [2.45, 2.75) is 26.7 Å². The zero-order valence-electron chi connectivity index (χ0n) is 12.1. The van der Waals surface area contributed by atoms with Gasteiger partial charge in [0.25, 0.3) is 0 Å². The fourth-order valence-electron chi connectivity index (χ4n) is 2.10. The Bertz CT molecular complexity index is 608. The van der Waals surface area contributed by atoms with Crippen LogP contribution < -0.4 is 4.74 Å². The molecular formula is C16H19NO3. The molecule has 0 fully saturated rings. The van der Waals surface area contributed by atoms with Crippen molar-refractivity contribution >= 4 is 16.9 Å². The summed E-state index contributed by atoms with van der Waals surface area (Å²) in [5.41, 5.74) is 2.09. The molecule has 0 N–H and O–H groups in total. The Kier molecular flexibility index (Phi) is 4.56. The number of esters is 1. The topological polar surface area (TPSA) is 48.4 Å². The van der Waals surface area contributed by atoms with Gasteiger partial charge in [-0.05, 0) is 30.5 Å². The number of carbonyl (C=O) groups excluding carboxylic acids is 1. The van der Waals surface area contributed by atoms with Crippen LogP contribution in [0.2, 0.25) is 0 Å². The second kappa shape index (κ2) is 6.37. The van der Waals surface area contributed by atoms with E-state index in [9.17, 15) is 4.79 Å². The molecule has 0 unspecified atom stereocenters. The maximum atomic E-state index is 11.4. The van der Waals surface area contributed by atoms with Crippen LogP contribution in [0.15, 0.2) is 30.5 Å². The molecule has 0 aliphatic carbocycles. The SMILES string of the molecule is CCOC(=O)COc1ccnc2c(C(C)C)cccc12. The van der Waals surface area contributed by atoms with E-state index in [1.165, 1.54) is 5.56 Å². The number of rotatable bonds is 5. The summed E-state index contributed by atoms with van der Waals surface area (Å²) in [6, 6.07) is 7.77. The molecule has 0 atom stereocenters. The van der Waals surface area contributed by atoms with E-state index < -0.39 is 0 Å². The number of para-hydroxylation sites is 1. The molecule has 2 aromatic rings. The third-order valence-corrected chi connectivity index (χ3v) is 3.04. The Morgan fingerprint density at radius 1 is 1.30 bits per heavy atom. The maximum Gasteiger partial charge on any atom is 0.344 e. The summed E-state index contributed by atoms with van der Waals surface area (Å²) in [5, 5.41) is 0.919. The molecule has 0 radical (unpaired) electrons. The van der Waals surface area contributed by atoms with Gasteiger partial charge in [0.05, 0.1) is 12.1 Å². The van der Waals surface area contributed by atoms with E-state index in [-0.39, 0.29) is 12.6 Å². The Balaban J connectivity index is 2.31. The van der Waals surface area contributed by atoms with Gasteiger partial charge in [0, 0.05) is 11.6 Å². The van der Waals surface area contributed by atoms with Crippen LogP contribution in [-0.4, -0.2) is 24.2 Å². The van der Waals surface area contributed by atoms with Gasteiger partial charge in [-0.15, -0.1) is 0 Å². The minimum atomic E-state index is -0.363. The van der Waals surface area contributed by atoms with Gasteiger partial charge in [-0.25, -0.2) is 4.79 Å². The molecule has 1 aromatic carbocycles. The molecule has 2 rings (SSSR count). The lowest BCUT2D eigenvalue weighted by Crippen LogP contribution is -2.14. The average Bonchev–Trinajstić information content (AvgIpc) is 2.44. The first-order valence-corrected chi connectivity index (χ1v) is 6.79. The molecule has 1 heterocycles. The van der Waals surface area contributed by atoms with E-state index in [0.29, 0.717) is 18.3 Å². The summed E-state index contributed by atoms with van der Waals surface area (Å²) in [6.07, 6.45) is 1.70. The lowest BCUT2D eigenvalue weighted by molar-refractivity contribution is -0.145. The lowest BCUT2D eigenvalue weighted by atomic mass is 9.99. The first-order valence-electron chi connectivity index (χ1n) is 6.79. The van der Waals surface area contributed by atoms with Crippen molar-refractivity contribution in [2.24, 2.45) is 0 Å². The minimum absolute atomic E-state index is 0.0845. The number of pyridine rings is 1. The summed E-state index contributed by atoms with van der Waals surface area (Å²) in [7, 11) is 0. The number of fused-ring (bicyclic) bond motifs is 1. The maximum absolute atomic E-state index is 11.4. The van der Waals surface area contributed by atoms with Crippen LogP contribution in [-0.2, 0) is 9.53 Å². The highest BCUT2D eigenvalue weighted by atomic mass is 16.6. The molecule has 106 valence electrons. The first kappa shape index (κ1) is 14.3. The monoisotopic (exact) mass is 273 g/mol. The Morgan fingerprint density at radius 2 is 2.10 bits per heavy atom. The Hall–Kier alpha value is -2.10. The molecule has 20 heavy (non-hydrogen) atoms. The zero-order valence-corrected chi connectivity index (χ0v) is 12.1. The number of nitrogens with zero attached hydrogens (tertiary/aromatic N) is 1. The minimum Gasteiger partial charge on any atom is -0.481 e.